The van der Waals surface area contributed by atoms with Gasteiger partial charge < -0.3 is 13.7 Å². The van der Waals surface area contributed by atoms with Gasteiger partial charge in [-0.15, -0.1) is 5.10 Å². The summed E-state index contributed by atoms with van der Waals surface area (Å²) in [5.74, 6) is -0.435. The number of furan rings is 1. The number of nitrogens with zero attached hydrogens (tertiary/aromatic N) is 4. The summed E-state index contributed by atoms with van der Waals surface area (Å²) in [5.41, 5.74) is 1.15. The summed E-state index contributed by atoms with van der Waals surface area (Å²) in [7, 11) is 0. The SMILES string of the molecule is O=C(Cn1nc(-c2ccco2)oc1=O)N1CCN(Cc2cccc(Cl)c2)CC1. The lowest BCUT2D eigenvalue weighted by molar-refractivity contribution is -0.134. The molecule has 1 amide bonds. The van der Waals surface area contributed by atoms with Gasteiger partial charge in [-0.05, 0) is 29.8 Å². The molecule has 0 spiro atoms. The van der Waals surface area contributed by atoms with Crippen molar-refractivity contribution in [2.45, 2.75) is 13.1 Å². The first-order valence-corrected chi connectivity index (χ1v) is 9.33. The minimum absolute atomic E-state index is 0.0640. The third kappa shape index (κ3) is 4.18. The number of rotatable bonds is 5. The van der Waals surface area contributed by atoms with Crippen molar-refractivity contribution in [2.24, 2.45) is 0 Å². The van der Waals surface area contributed by atoms with E-state index in [1.165, 1.54) is 6.26 Å². The van der Waals surface area contributed by atoms with E-state index < -0.39 is 5.76 Å². The molecule has 3 aromatic rings. The zero-order valence-electron chi connectivity index (χ0n) is 15.1. The fourth-order valence-corrected chi connectivity index (χ4v) is 3.40. The maximum atomic E-state index is 12.6. The van der Waals surface area contributed by atoms with Crippen LogP contribution in [0.2, 0.25) is 5.02 Å². The second kappa shape index (κ2) is 8.04. The normalized spacial score (nSPS) is 15.1. The molecule has 8 nitrogen and oxygen atoms in total. The van der Waals surface area contributed by atoms with Crippen molar-refractivity contribution in [3.8, 4) is 11.7 Å². The highest BCUT2D eigenvalue weighted by Gasteiger charge is 2.23. The maximum absolute atomic E-state index is 12.6. The fourth-order valence-electron chi connectivity index (χ4n) is 3.18. The second-order valence-electron chi connectivity index (χ2n) is 6.59. The average Bonchev–Trinajstić information content (AvgIpc) is 3.33. The molecule has 0 radical (unpaired) electrons. The first-order chi connectivity index (χ1) is 13.6. The van der Waals surface area contributed by atoms with Crippen molar-refractivity contribution in [1.29, 1.82) is 0 Å². The van der Waals surface area contributed by atoms with Crippen LogP contribution in [0.25, 0.3) is 11.7 Å². The molecule has 1 aromatic carbocycles. The minimum Gasteiger partial charge on any atom is -0.459 e. The Morgan fingerprint density at radius 1 is 1.14 bits per heavy atom. The van der Waals surface area contributed by atoms with Gasteiger partial charge in [0.2, 0.25) is 5.91 Å². The van der Waals surface area contributed by atoms with Crippen LogP contribution in [0.1, 0.15) is 5.56 Å². The summed E-state index contributed by atoms with van der Waals surface area (Å²) in [4.78, 5) is 28.5. The summed E-state index contributed by atoms with van der Waals surface area (Å²) in [5, 5.41) is 4.76. The van der Waals surface area contributed by atoms with Gasteiger partial charge in [-0.3, -0.25) is 9.69 Å². The molecule has 1 fully saturated rings. The monoisotopic (exact) mass is 402 g/mol. The summed E-state index contributed by atoms with van der Waals surface area (Å²) in [6.07, 6.45) is 1.46. The third-order valence-electron chi connectivity index (χ3n) is 4.64. The Hall–Kier alpha value is -2.84. The molecule has 4 rings (SSSR count). The fraction of sp³-hybridized carbons (Fsp3) is 0.316. The van der Waals surface area contributed by atoms with Crippen molar-refractivity contribution < 1.29 is 13.6 Å². The van der Waals surface area contributed by atoms with Crippen LogP contribution in [0.3, 0.4) is 0 Å². The molecule has 2 aromatic heterocycles. The van der Waals surface area contributed by atoms with Crippen LogP contribution in [-0.4, -0.2) is 51.7 Å². The Labute approximate surface area is 165 Å². The molecular formula is C19H19ClN4O4. The molecule has 1 aliphatic rings. The number of amides is 1. The third-order valence-corrected chi connectivity index (χ3v) is 4.88. The Balaban J connectivity index is 1.33. The predicted molar refractivity (Wildman–Crippen MR) is 102 cm³/mol. The molecule has 0 saturated carbocycles. The molecule has 9 heteroatoms. The Morgan fingerprint density at radius 3 is 2.68 bits per heavy atom. The van der Waals surface area contributed by atoms with Gasteiger partial charge in [0, 0.05) is 37.7 Å². The predicted octanol–water partition coefficient (Wildman–Crippen LogP) is 2.09. The van der Waals surface area contributed by atoms with Gasteiger partial charge in [-0.2, -0.15) is 4.68 Å². The highest BCUT2D eigenvalue weighted by atomic mass is 35.5. The van der Waals surface area contributed by atoms with Gasteiger partial charge in [-0.1, -0.05) is 23.7 Å². The van der Waals surface area contributed by atoms with Gasteiger partial charge in [0.1, 0.15) is 6.54 Å². The van der Waals surface area contributed by atoms with Crippen LogP contribution in [0.4, 0.5) is 0 Å². The van der Waals surface area contributed by atoms with E-state index in [9.17, 15) is 9.59 Å². The molecule has 0 aliphatic carbocycles. The van der Waals surface area contributed by atoms with Crippen LogP contribution >= 0.6 is 11.6 Å². The lowest BCUT2D eigenvalue weighted by atomic mass is 10.2. The van der Waals surface area contributed by atoms with Gasteiger partial charge in [-0.25, -0.2) is 4.79 Å². The van der Waals surface area contributed by atoms with E-state index in [4.69, 9.17) is 20.4 Å². The molecule has 1 saturated heterocycles. The summed E-state index contributed by atoms with van der Waals surface area (Å²) >= 11 is 6.03. The smallest absolute Gasteiger partial charge is 0.437 e. The summed E-state index contributed by atoms with van der Waals surface area (Å²) in [6, 6.07) is 11.1. The standard InChI is InChI=1S/C19H19ClN4O4/c20-15-4-1-3-14(11-15)12-22-6-8-23(9-7-22)17(25)13-24-19(26)28-18(21-24)16-5-2-10-27-16/h1-5,10-11H,6-9,12-13H2. The number of hydrogen-bond acceptors (Lipinski definition) is 6. The van der Waals surface area contributed by atoms with Crippen molar-refractivity contribution >= 4 is 17.5 Å². The Kier molecular flexibility index (Phi) is 5.31. The molecule has 28 heavy (non-hydrogen) atoms. The van der Waals surface area contributed by atoms with E-state index in [2.05, 4.69) is 10.00 Å². The molecule has 3 heterocycles. The number of aromatic nitrogens is 2. The molecule has 146 valence electrons. The molecule has 0 unspecified atom stereocenters. The first kappa shape index (κ1) is 18.5. The van der Waals surface area contributed by atoms with E-state index in [1.807, 2.05) is 24.3 Å². The van der Waals surface area contributed by atoms with E-state index in [-0.39, 0.29) is 18.3 Å². The summed E-state index contributed by atoms with van der Waals surface area (Å²) < 4.78 is 11.2. The molecule has 0 atom stereocenters. The number of piperazine rings is 1. The Morgan fingerprint density at radius 2 is 1.96 bits per heavy atom. The van der Waals surface area contributed by atoms with Crippen molar-refractivity contribution in [3.63, 3.8) is 0 Å². The van der Waals surface area contributed by atoms with Crippen LogP contribution in [0.5, 0.6) is 0 Å². The zero-order valence-corrected chi connectivity index (χ0v) is 15.8. The number of halogens is 1. The lowest BCUT2D eigenvalue weighted by Gasteiger charge is -2.34. The number of hydrogen-bond donors (Lipinski definition) is 0. The number of carbonyl (C=O) groups excluding carboxylic acids is 1. The Bertz CT molecular complexity index is 1000. The van der Waals surface area contributed by atoms with Crippen LogP contribution in [-0.2, 0) is 17.9 Å². The highest BCUT2D eigenvalue weighted by Crippen LogP contribution is 2.16. The molecule has 1 aliphatic heterocycles. The van der Waals surface area contributed by atoms with Crippen LogP contribution in [0.15, 0.2) is 56.3 Å². The maximum Gasteiger partial charge on any atom is 0.437 e. The lowest BCUT2D eigenvalue weighted by Crippen LogP contribution is -2.49. The van der Waals surface area contributed by atoms with E-state index >= 15 is 0 Å². The topological polar surface area (TPSA) is 84.7 Å². The van der Waals surface area contributed by atoms with Gasteiger partial charge in [0.15, 0.2) is 5.76 Å². The van der Waals surface area contributed by atoms with E-state index in [0.29, 0.717) is 18.8 Å². The first-order valence-electron chi connectivity index (χ1n) is 8.95. The molecular weight excluding hydrogens is 384 g/mol. The van der Waals surface area contributed by atoms with Crippen LogP contribution < -0.4 is 5.76 Å². The van der Waals surface area contributed by atoms with Gasteiger partial charge in [0.05, 0.1) is 6.26 Å². The quantitative estimate of drug-likeness (QED) is 0.649. The van der Waals surface area contributed by atoms with Crippen molar-refractivity contribution in [1.82, 2.24) is 19.6 Å². The summed E-state index contributed by atoms with van der Waals surface area (Å²) in [6.45, 7) is 3.33. The van der Waals surface area contributed by atoms with E-state index in [1.54, 1.807) is 17.0 Å². The largest absolute Gasteiger partial charge is 0.459 e. The minimum atomic E-state index is -0.681. The second-order valence-corrected chi connectivity index (χ2v) is 7.03. The molecule has 0 N–H and O–H groups in total. The number of carbonyl (C=O) groups is 1. The highest BCUT2D eigenvalue weighted by molar-refractivity contribution is 6.30. The van der Waals surface area contributed by atoms with Crippen molar-refractivity contribution in [2.75, 3.05) is 26.2 Å². The zero-order chi connectivity index (χ0) is 19.5. The van der Waals surface area contributed by atoms with Gasteiger partial charge in [0.25, 0.3) is 5.89 Å². The van der Waals surface area contributed by atoms with Crippen LogP contribution in [0, 0.1) is 0 Å². The average molecular weight is 403 g/mol. The molecule has 0 bridgehead atoms. The van der Waals surface area contributed by atoms with Gasteiger partial charge >= 0.3 is 5.76 Å². The van der Waals surface area contributed by atoms with Crippen molar-refractivity contribution in [3.05, 3.63) is 63.8 Å². The van der Waals surface area contributed by atoms with E-state index in [0.717, 1.165) is 34.9 Å². The number of benzene rings is 1.